The number of nitrogens with one attached hydrogen (secondary N) is 1. The van der Waals surface area contributed by atoms with Crippen molar-refractivity contribution in [2.45, 2.75) is 18.9 Å². The molecule has 0 aliphatic carbocycles. The number of rotatable bonds is 5. The number of furan rings is 1. The smallest absolute Gasteiger partial charge is 0.258 e. The van der Waals surface area contributed by atoms with Gasteiger partial charge in [-0.3, -0.25) is 4.79 Å². The van der Waals surface area contributed by atoms with Crippen molar-refractivity contribution in [1.82, 2.24) is 5.32 Å². The molecule has 5 nitrogen and oxygen atoms in total. The summed E-state index contributed by atoms with van der Waals surface area (Å²) in [5.41, 5.74) is 1.66. The zero-order chi connectivity index (χ0) is 16.4. The molecule has 1 N–H and O–H groups in total. The van der Waals surface area contributed by atoms with Gasteiger partial charge in [-0.15, -0.1) is 0 Å². The van der Waals surface area contributed by atoms with Crippen LogP contribution in [0.1, 0.15) is 12.8 Å². The Morgan fingerprint density at radius 3 is 2.92 bits per heavy atom. The van der Waals surface area contributed by atoms with E-state index in [1.807, 2.05) is 42.5 Å². The van der Waals surface area contributed by atoms with E-state index in [0.717, 1.165) is 41.4 Å². The molecule has 1 saturated heterocycles. The van der Waals surface area contributed by atoms with Crippen LogP contribution in [0, 0.1) is 0 Å². The zero-order valence-electron chi connectivity index (χ0n) is 13.3. The van der Waals surface area contributed by atoms with E-state index in [-0.39, 0.29) is 18.6 Å². The lowest BCUT2D eigenvalue weighted by Crippen LogP contribution is -2.35. The van der Waals surface area contributed by atoms with Crippen molar-refractivity contribution in [3.8, 4) is 5.75 Å². The molecule has 1 fully saturated rings. The summed E-state index contributed by atoms with van der Waals surface area (Å²) in [5.74, 6) is 0.518. The Labute approximate surface area is 139 Å². The van der Waals surface area contributed by atoms with E-state index in [9.17, 15) is 4.79 Å². The molecule has 3 aromatic rings. The van der Waals surface area contributed by atoms with Gasteiger partial charge in [-0.1, -0.05) is 18.2 Å². The van der Waals surface area contributed by atoms with Crippen LogP contribution in [0.15, 0.2) is 46.9 Å². The largest absolute Gasteiger partial charge is 0.484 e. The first-order valence-corrected chi connectivity index (χ1v) is 8.22. The fourth-order valence-corrected chi connectivity index (χ4v) is 3.03. The first kappa shape index (κ1) is 15.0. The Morgan fingerprint density at radius 1 is 1.17 bits per heavy atom. The Bertz CT molecular complexity index is 864. The number of benzene rings is 2. The van der Waals surface area contributed by atoms with Gasteiger partial charge in [0.1, 0.15) is 16.9 Å². The maximum Gasteiger partial charge on any atom is 0.258 e. The quantitative estimate of drug-likeness (QED) is 0.782. The molecule has 0 bridgehead atoms. The van der Waals surface area contributed by atoms with Gasteiger partial charge < -0.3 is 19.2 Å². The molecular weight excluding hydrogens is 306 g/mol. The Kier molecular flexibility index (Phi) is 4.09. The van der Waals surface area contributed by atoms with Gasteiger partial charge in [0.05, 0.1) is 6.10 Å². The maximum atomic E-state index is 11.9. The van der Waals surface area contributed by atoms with Crippen LogP contribution in [0.2, 0.25) is 0 Å². The summed E-state index contributed by atoms with van der Waals surface area (Å²) in [6, 6.07) is 13.5. The predicted molar refractivity (Wildman–Crippen MR) is 91.2 cm³/mol. The van der Waals surface area contributed by atoms with Crippen molar-refractivity contribution in [3.05, 3.63) is 42.5 Å². The first-order chi connectivity index (χ1) is 11.8. The molecule has 1 aliphatic heterocycles. The van der Waals surface area contributed by atoms with Crippen molar-refractivity contribution in [3.63, 3.8) is 0 Å². The monoisotopic (exact) mass is 325 g/mol. The van der Waals surface area contributed by atoms with Gasteiger partial charge >= 0.3 is 0 Å². The van der Waals surface area contributed by atoms with Crippen molar-refractivity contribution in [2.24, 2.45) is 0 Å². The van der Waals surface area contributed by atoms with Crippen LogP contribution in [-0.2, 0) is 9.53 Å². The molecule has 2 aromatic carbocycles. The molecule has 1 aliphatic rings. The third-order valence-electron chi connectivity index (χ3n) is 4.27. The highest BCUT2D eigenvalue weighted by Gasteiger charge is 2.16. The molecule has 0 saturated carbocycles. The van der Waals surface area contributed by atoms with Gasteiger partial charge in [0.25, 0.3) is 5.91 Å². The third kappa shape index (κ3) is 3.08. The van der Waals surface area contributed by atoms with Crippen molar-refractivity contribution < 1.29 is 18.7 Å². The summed E-state index contributed by atoms with van der Waals surface area (Å²) < 4.78 is 16.9. The Hall–Kier alpha value is -2.53. The van der Waals surface area contributed by atoms with Crippen LogP contribution >= 0.6 is 0 Å². The van der Waals surface area contributed by atoms with Gasteiger partial charge in [0.15, 0.2) is 6.61 Å². The highest BCUT2D eigenvalue weighted by atomic mass is 16.5. The van der Waals surface area contributed by atoms with E-state index in [1.54, 1.807) is 0 Å². The minimum atomic E-state index is -0.136. The molecule has 4 rings (SSSR count). The van der Waals surface area contributed by atoms with E-state index in [4.69, 9.17) is 13.9 Å². The lowest BCUT2D eigenvalue weighted by Gasteiger charge is -2.11. The van der Waals surface area contributed by atoms with Gasteiger partial charge in [-0.05, 0) is 37.1 Å². The first-order valence-electron chi connectivity index (χ1n) is 8.22. The Balaban J connectivity index is 1.40. The molecule has 24 heavy (non-hydrogen) atoms. The third-order valence-corrected chi connectivity index (χ3v) is 4.27. The average Bonchev–Trinajstić information content (AvgIpc) is 3.25. The van der Waals surface area contributed by atoms with Gasteiger partial charge in [0, 0.05) is 23.9 Å². The number of fused-ring (bicyclic) bond motifs is 3. The normalized spacial score (nSPS) is 17.4. The minimum absolute atomic E-state index is 0.00594. The summed E-state index contributed by atoms with van der Waals surface area (Å²) in [6.45, 7) is 1.33. The molecule has 5 heteroatoms. The van der Waals surface area contributed by atoms with Crippen molar-refractivity contribution in [2.75, 3.05) is 19.8 Å². The summed E-state index contributed by atoms with van der Waals surface area (Å²) in [6.07, 6.45) is 2.21. The minimum Gasteiger partial charge on any atom is -0.484 e. The molecule has 1 amide bonds. The van der Waals surface area contributed by atoms with Crippen LogP contribution in [0.3, 0.4) is 0 Å². The topological polar surface area (TPSA) is 60.7 Å². The standard InChI is InChI=1S/C19H19NO4/c21-19(20-11-14-4-3-9-22-14)12-23-13-7-8-18-16(10-13)15-5-1-2-6-17(15)24-18/h1-2,5-8,10,14H,3-4,9,11-12H2,(H,20,21). The number of carbonyl (C=O) groups excluding carboxylic acids is 1. The second-order valence-electron chi connectivity index (χ2n) is 5.98. The lowest BCUT2D eigenvalue weighted by atomic mass is 10.1. The fourth-order valence-electron chi connectivity index (χ4n) is 3.03. The molecule has 0 spiro atoms. The summed E-state index contributed by atoms with van der Waals surface area (Å²) >= 11 is 0. The summed E-state index contributed by atoms with van der Waals surface area (Å²) in [5, 5.41) is 4.88. The van der Waals surface area contributed by atoms with E-state index in [2.05, 4.69) is 5.32 Å². The van der Waals surface area contributed by atoms with Crippen LogP contribution in [0.25, 0.3) is 21.9 Å². The molecule has 1 unspecified atom stereocenters. The second kappa shape index (κ2) is 6.53. The van der Waals surface area contributed by atoms with Crippen LogP contribution < -0.4 is 10.1 Å². The van der Waals surface area contributed by atoms with Gasteiger partial charge in [-0.2, -0.15) is 0 Å². The van der Waals surface area contributed by atoms with E-state index >= 15 is 0 Å². The fraction of sp³-hybridized carbons (Fsp3) is 0.316. The number of ether oxygens (including phenoxy) is 2. The van der Waals surface area contributed by atoms with Crippen LogP contribution in [0.5, 0.6) is 5.75 Å². The summed E-state index contributed by atoms with van der Waals surface area (Å²) in [4.78, 5) is 11.9. The molecule has 1 aromatic heterocycles. The van der Waals surface area contributed by atoms with Gasteiger partial charge in [0.2, 0.25) is 0 Å². The van der Waals surface area contributed by atoms with Gasteiger partial charge in [-0.25, -0.2) is 0 Å². The Morgan fingerprint density at radius 2 is 2.04 bits per heavy atom. The van der Waals surface area contributed by atoms with E-state index < -0.39 is 0 Å². The van der Waals surface area contributed by atoms with Crippen LogP contribution in [0.4, 0.5) is 0 Å². The predicted octanol–water partition coefficient (Wildman–Crippen LogP) is 3.26. The molecular formula is C19H19NO4. The molecule has 124 valence electrons. The zero-order valence-corrected chi connectivity index (χ0v) is 13.3. The number of amides is 1. The summed E-state index contributed by atoms with van der Waals surface area (Å²) in [7, 11) is 0. The van der Waals surface area contributed by atoms with Crippen molar-refractivity contribution >= 4 is 27.8 Å². The average molecular weight is 325 g/mol. The molecule has 0 radical (unpaired) electrons. The molecule has 1 atom stereocenters. The van der Waals surface area contributed by atoms with Crippen LogP contribution in [-0.4, -0.2) is 31.8 Å². The molecule has 2 heterocycles. The highest BCUT2D eigenvalue weighted by Crippen LogP contribution is 2.31. The number of hydrogen-bond donors (Lipinski definition) is 1. The number of hydrogen-bond acceptors (Lipinski definition) is 4. The highest BCUT2D eigenvalue weighted by molar-refractivity contribution is 6.05. The van der Waals surface area contributed by atoms with E-state index in [1.165, 1.54) is 0 Å². The number of carbonyl (C=O) groups is 1. The second-order valence-corrected chi connectivity index (χ2v) is 5.98. The SMILES string of the molecule is O=C(COc1ccc2oc3ccccc3c2c1)NCC1CCCO1. The maximum absolute atomic E-state index is 11.9. The number of para-hydroxylation sites is 1. The van der Waals surface area contributed by atoms with E-state index in [0.29, 0.717) is 12.3 Å². The lowest BCUT2D eigenvalue weighted by molar-refractivity contribution is -0.123. The van der Waals surface area contributed by atoms with Crippen molar-refractivity contribution in [1.29, 1.82) is 0 Å².